The molecule has 54 heavy (non-hydrogen) atoms. The van der Waals surface area contributed by atoms with Crippen molar-refractivity contribution in [2.24, 2.45) is 0 Å². The van der Waals surface area contributed by atoms with Crippen LogP contribution in [-0.2, 0) is 0 Å². The van der Waals surface area contributed by atoms with E-state index in [2.05, 4.69) is 110 Å². The largest absolute Gasteiger partial charge is 0.422 e. The maximum Gasteiger partial charge on any atom is 0.344 e. The molecular formula is C48H42N2O4. The Morgan fingerprint density at radius 3 is 1.07 bits per heavy atom. The minimum absolute atomic E-state index is 0.341. The average molecular weight is 711 g/mol. The molecule has 6 nitrogen and oxygen atoms in total. The van der Waals surface area contributed by atoms with Crippen LogP contribution in [0, 0.1) is 0 Å². The third-order valence-corrected chi connectivity index (χ3v) is 10.6. The molecule has 0 fully saturated rings. The second-order valence-corrected chi connectivity index (χ2v) is 13.6. The second kappa shape index (κ2) is 14.6. The Hall–Kier alpha value is -6.40. The van der Waals surface area contributed by atoms with Crippen LogP contribution < -0.4 is 21.1 Å². The fourth-order valence-electron chi connectivity index (χ4n) is 7.46. The molecule has 0 atom stereocenters. The van der Waals surface area contributed by atoms with Crippen LogP contribution in [0.2, 0.25) is 0 Å². The van der Waals surface area contributed by atoms with Crippen molar-refractivity contribution < 1.29 is 8.83 Å². The van der Waals surface area contributed by atoms with Gasteiger partial charge >= 0.3 is 11.3 Å². The van der Waals surface area contributed by atoms with E-state index in [1.54, 1.807) is 0 Å². The van der Waals surface area contributed by atoms with Gasteiger partial charge in [0.05, 0.1) is 11.1 Å². The number of benzene rings is 6. The van der Waals surface area contributed by atoms with Gasteiger partial charge in [0.1, 0.15) is 11.2 Å². The molecule has 8 aromatic rings. The summed E-state index contributed by atoms with van der Waals surface area (Å²) < 4.78 is 11.6. The molecule has 0 bridgehead atoms. The normalized spacial score (nSPS) is 11.4. The number of fused-ring (bicyclic) bond motifs is 3. The van der Waals surface area contributed by atoms with Crippen molar-refractivity contribution in [3.8, 4) is 44.5 Å². The van der Waals surface area contributed by atoms with Gasteiger partial charge in [0.25, 0.3) is 0 Å². The Morgan fingerprint density at radius 2 is 0.704 bits per heavy atom. The summed E-state index contributed by atoms with van der Waals surface area (Å²) in [7, 11) is 0. The number of hydrogen-bond donors (Lipinski definition) is 0. The maximum atomic E-state index is 13.1. The highest BCUT2D eigenvalue weighted by atomic mass is 16.4. The molecule has 0 spiro atoms. The Bertz CT molecular complexity index is 2560. The molecule has 2 aromatic heterocycles. The lowest BCUT2D eigenvalue weighted by molar-refractivity contribution is 0.563. The van der Waals surface area contributed by atoms with Crippen LogP contribution in [0.25, 0.3) is 77.2 Å². The lowest BCUT2D eigenvalue weighted by Crippen LogP contribution is -2.21. The topological polar surface area (TPSA) is 66.9 Å². The average Bonchev–Trinajstić information content (AvgIpc) is 3.21. The van der Waals surface area contributed by atoms with E-state index in [4.69, 9.17) is 8.83 Å². The molecule has 0 aliphatic carbocycles. The third kappa shape index (κ3) is 6.56. The first-order valence-electron chi connectivity index (χ1n) is 18.8. The zero-order chi connectivity index (χ0) is 37.3. The first-order chi connectivity index (χ1) is 26.3. The molecule has 0 radical (unpaired) electrons. The summed E-state index contributed by atoms with van der Waals surface area (Å²) in [6.45, 7) is 12.0. The van der Waals surface area contributed by atoms with Crippen LogP contribution in [-0.4, -0.2) is 26.2 Å². The van der Waals surface area contributed by atoms with E-state index in [1.165, 1.54) is 0 Å². The van der Waals surface area contributed by atoms with Crippen molar-refractivity contribution in [2.45, 2.75) is 27.7 Å². The van der Waals surface area contributed by atoms with E-state index in [-0.39, 0.29) is 11.3 Å². The van der Waals surface area contributed by atoms with Gasteiger partial charge in [0, 0.05) is 60.5 Å². The van der Waals surface area contributed by atoms with Crippen molar-refractivity contribution in [3.63, 3.8) is 0 Å². The minimum atomic E-state index is -0.341. The highest BCUT2D eigenvalue weighted by Crippen LogP contribution is 2.32. The van der Waals surface area contributed by atoms with Crippen LogP contribution in [0.4, 0.5) is 11.4 Å². The van der Waals surface area contributed by atoms with Crippen LogP contribution in [0.1, 0.15) is 27.7 Å². The molecule has 2 heterocycles. The van der Waals surface area contributed by atoms with Gasteiger partial charge < -0.3 is 18.6 Å². The molecule has 0 N–H and O–H groups in total. The second-order valence-electron chi connectivity index (χ2n) is 13.6. The van der Waals surface area contributed by atoms with Crippen LogP contribution in [0.3, 0.4) is 0 Å². The Labute approximate surface area is 314 Å². The monoisotopic (exact) mass is 710 g/mol. The van der Waals surface area contributed by atoms with E-state index in [0.717, 1.165) is 92.5 Å². The summed E-state index contributed by atoms with van der Waals surface area (Å²) in [6.07, 6.45) is 0. The smallest absolute Gasteiger partial charge is 0.344 e. The molecule has 0 unspecified atom stereocenters. The summed E-state index contributed by atoms with van der Waals surface area (Å²) in [5.74, 6) is 0. The zero-order valence-corrected chi connectivity index (χ0v) is 31.1. The number of anilines is 2. The predicted octanol–water partition coefficient (Wildman–Crippen LogP) is 11.4. The van der Waals surface area contributed by atoms with Gasteiger partial charge in [-0.3, -0.25) is 0 Å². The lowest BCUT2D eigenvalue weighted by Gasteiger charge is -2.21. The van der Waals surface area contributed by atoms with Gasteiger partial charge in [-0.25, -0.2) is 9.59 Å². The Morgan fingerprint density at radius 1 is 0.370 bits per heavy atom. The Kier molecular flexibility index (Phi) is 9.34. The predicted molar refractivity (Wildman–Crippen MR) is 225 cm³/mol. The van der Waals surface area contributed by atoms with Crippen molar-refractivity contribution in [1.82, 2.24) is 0 Å². The van der Waals surface area contributed by atoms with E-state index in [9.17, 15) is 9.59 Å². The van der Waals surface area contributed by atoms with E-state index < -0.39 is 0 Å². The quantitative estimate of drug-likeness (QED) is 0.132. The number of hydrogen-bond acceptors (Lipinski definition) is 6. The first-order valence-corrected chi connectivity index (χ1v) is 18.8. The van der Waals surface area contributed by atoms with E-state index >= 15 is 0 Å². The minimum Gasteiger partial charge on any atom is -0.422 e. The molecule has 6 heteroatoms. The maximum absolute atomic E-state index is 13.1. The fourth-order valence-corrected chi connectivity index (χ4v) is 7.46. The molecule has 0 saturated heterocycles. The van der Waals surface area contributed by atoms with Gasteiger partial charge in [0.2, 0.25) is 0 Å². The fraction of sp³-hybridized carbons (Fsp3) is 0.167. The first kappa shape index (κ1) is 34.7. The number of nitrogens with zero attached hydrogens (tertiary/aromatic N) is 2. The summed E-state index contributed by atoms with van der Waals surface area (Å²) in [5.41, 5.74) is 9.68. The SMILES string of the molecule is CCN(CC)c1ccc2cc(-c3ccc(-c4ccc5cc(-c6ccc(-c7cc8ccc(N(CC)CC)cc8oc7=O)cc6)ccc5c4)cc3)c(=O)oc2c1. The summed E-state index contributed by atoms with van der Waals surface area (Å²) in [4.78, 5) is 30.6. The van der Waals surface area contributed by atoms with E-state index in [0.29, 0.717) is 22.3 Å². The molecule has 0 amide bonds. The highest BCUT2D eigenvalue weighted by Gasteiger charge is 2.13. The van der Waals surface area contributed by atoms with Crippen LogP contribution >= 0.6 is 0 Å². The van der Waals surface area contributed by atoms with Crippen molar-refractivity contribution in [2.75, 3.05) is 36.0 Å². The van der Waals surface area contributed by atoms with Gasteiger partial charge in [-0.2, -0.15) is 0 Å². The summed E-state index contributed by atoms with van der Waals surface area (Å²) in [6, 6.07) is 45.1. The summed E-state index contributed by atoms with van der Waals surface area (Å²) >= 11 is 0. The van der Waals surface area contributed by atoms with Crippen LogP contribution in [0.15, 0.2) is 152 Å². The standard InChI is InChI=1S/C48H42N2O4/c1-5-49(6-2)41-23-21-39-27-43(47(51)53-45(39)29-41)33-13-9-31(10-14-33)35-17-19-38-26-36(18-20-37(38)25-35)32-11-15-34(16-12-32)44-28-40-22-24-42(50(7-3)8-4)30-46(40)54-48(44)52/h9-30H,5-8H2,1-4H3. The van der Waals surface area contributed by atoms with Crippen molar-refractivity contribution >= 4 is 44.1 Å². The molecule has 268 valence electrons. The molecule has 6 aromatic carbocycles. The van der Waals surface area contributed by atoms with Crippen LogP contribution in [0.5, 0.6) is 0 Å². The van der Waals surface area contributed by atoms with Gasteiger partial charge in [-0.1, -0.05) is 72.8 Å². The molecular weight excluding hydrogens is 669 g/mol. The van der Waals surface area contributed by atoms with Gasteiger partial charge in [-0.15, -0.1) is 0 Å². The van der Waals surface area contributed by atoms with E-state index in [1.807, 2.05) is 60.7 Å². The van der Waals surface area contributed by atoms with Gasteiger partial charge in [-0.05, 0) is 120 Å². The van der Waals surface area contributed by atoms with Crippen molar-refractivity contribution in [3.05, 3.63) is 154 Å². The molecule has 0 aliphatic rings. The highest BCUT2D eigenvalue weighted by molar-refractivity contribution is 5.92. The number of rotatable bonds is 10. The molecule has 0 saturated carbocycles. The van der Waals surface area contributed by atoms with Gasteiger partial charge in [0.15, 0.2) is 0 Å². The van der Waals surface area contributed by atoms with Crippen molar-refractivity contribution in [1.29, 1.82) is 0 Å². The Balaban J connectivity index is 1.01. The molecule has 0 aliphatic heterocycles. The molecule has 8 rings (SSSR count). The lowest BCUT2D eigenvalue weighted by atomic mass is 9.96. The summed E-state index contributed by atoms with van der Waals surface area (Å²) in [5, 5.41) is 4.07. The third-order valence-electron chi connectivity index (χ3n) is 10.6. The zero-order valence-electron chi connectivity index (χ0n) is 31.1.